The molecule has 1 aliphatic rings. The molecule has 0 aliphatic carbocycles. The number of carbonyl (C=O) groups excluding carboxylic acids is 1. The zero-order valence-corrected chi connectivity index (χ0v) is 18.4. The molecule has 0 spiro atoms. The lowest BCUT2D eigenvalue weighted by Gasteiger charge is -2.32. The molecule has 8 nitrogen and oxygen atoms in total. The first-order valence-corrected chi connectivity index (χ1v) is 10.7. The summed E-state index contributed by atoms with van der Waals surface area (Å²) in [5.74, 6) is 0.818. The largest absolute Gasteiger partial charge is 0.376 e. The smallest absolute Gasteiger partial charge is 0.318 e. The minimum absolute atomic E-state index is 0.143. The van der Waals surface area contributed by atoms with Gasteiger partial charge < -0.3 is 24.2 Å². The second-order valence-electron chi connectivity index (χ2n) is 7.61. The number of carbonyl (C=O) groups is 1. The molecule has 30 heavy (non-hydrogen) atoms. The number of hydrogen-bond donors (Lipinski definition) is 1. The van der Waals surface area contributed by atoms with Crippen molar-refractivity contribution >= 4 is 17.6 Å². The van der Waals surface area contributed by atoms with E-state index in [0.717, 1.165) is 18.4 Å². The van der Waals surface area contributed by atoms with Gasteiger partial charge in [0, 0.05) is 23.7 Å². The van der Waals surface area contributed by atoms with E-state index in [4.69, 9.17) is 25.6 Å². The van der Waals surface area contributed by atoms with Crippen molar-refractivity contribution in [1.82, 2.24) is 20.4 Å². The highest BCUT2D eigenvalue weighted by atomic mass is 35.5. The number of halogens is 1. The van der Waals surface area contributed by atoms with Crippen LogP contribution in [0.15, 0.2) is 28.8 Å². The maximum atomic E-state index is 12.6. The van der Waals surface area contributed by atoms with E-state index in [1.165, 1.54) is 0 Å². The van der Waals surface area contributed by atoms with Crippen molar-refractivity contribution in [3.63, 3.8) is 0 Å². The molecule has 1 saturated heterocycles. The molecular weight excluding hydrogens is 408 g/mol. The molecule has 1 aromatic carbocycles. The first-order chi connectivity index (χ1) is 14.4. The molecule has 2 amide bonds. The number of aromatic nitrogens is 2. The summed E-state index contributed by atoms with van der Waals surface area (Å²) in [6.07, 6.45) is 2.00. The van der Waals surface area contributed by atoms with Gasteiger partial charge in [0.25, 0.3) is 0 Å². The number of nitrogens with zero attached hydrogens (tertiary/aromatic N) is 3. The first kappa shape index (κ1) is 22.5. The Morgan fingerprint density at radius 3 is 2.60 bits per heavy atom. The van der Waals surface area contributed by atoms with Gasteiger partial charge in [-0.2, -0.15) is 4.98 Å². The Morgan fingerprint density at radius 2 is 1.93 bits per heavy atom. The van der Waals surface area contributed by atoms with Crippen LogP contribution in [0.3, 0.4) is 0 Å². The fraction of sp³-hybridized carbons (Fsp3) is 0.571. The van der Waals surface area contributed by atoms with E-state index in [-0.39, 0.29) is 18.2 Å². The summed E-state index contributed by atoms with van der Waals surface area (Å²) in [5.41, 5.74) is 0.800. The van der Waals surface area contributed by atoms with Crippen LogP contribution < -0.4 is 5.32 Å². The Morgan fingerprint density at radius 1 is 1.23 bits per heavy atom. The average Bonchev–Trinajstić information content (AvgIpc) is 3.22. The lowest BCUT2D eigenvalue weighted by molar-refractivity contribution is -0.0298. The molecule has 1 fully saturated rings. The SMILES string of the molecule is CC(C)OCCOC1CCN(C(=O)NC(C)c2nc(-c3ccc(Cl)cc3)no2)CC1. The number of rotatable bonds is 8. The predicted molar refractivity (Wildman–Crippen MR) is 113 cm³/mol. The van der Waals surface area contributed by atoms with Crippen molar-refractivity contribution in [2.75, 3.05) is 26.3 Å². The van der Waals surface area contributed by atoms with Crippen molar-refractivity contribution in [2.45, 2.75) is 51.9 Å². The highest BCUT2D eigenvalue weighted by Gasteiger charge is 2.25. The molecule has 1 N–H and O–H groups in total. The maximum Gasteiger partial charge on any atom is 0.318 e. The third kappa shape index (κ3) is 6.42. The maximum absolute atomic E-state index is 12.6. The van der Waals surface area contributed by atoms with Crippen LogP contribution in [0, 0.1) is 0 Å². The van der Waals surface area contributed by atoms with Crippen LogP contribution in [0.5, 0.6) is 0 Å². The Balaban J connectivity index is 1.43. The fourth-order valence-electron chi connectivity index (χ4n) is 3.19. The minimum Gasteiger partial charge on any atom is -0.376 e. The highest BCUT2D eigenvalue weighted by Crippen LogP contribution is 2.21. The molecule has 0 radical (unpaired) electrons. The number of urea groups is 1. The van der Waals surface area contributed by atoms with Crippen molar-refractivity contribution in [1.29, 1.82) is 0 Å². The van der Waals surface area contributed by atoms with Gasteiger partial charge in [-0.05, 0) is 57.9 Å². The number of piperidine rings is 1. The Kier molecular flexibility index (Phi) is 8.07. The van der Waals surface area contributed by atoms with Crippen molar-refractivity contribution in [2.24, 2.45) is 0 Å². The van der Waals surface area contributed by atoms with Gasteiger partial charge in [0.2, 0.25) is 11.7 Å². The molecule has 164 valence electrons. The molecule has 9 heteroatoms. The zero-order valence-electron chi connectivity index (χ0n) is 17.6. The van der Waals surface area contributed by atoms with Crippen molar-refractivity contribution < 1.29 is 18.8 Å². The normalized spacial score (nSPS) is 16.1. The molecule has 1 aromatic heterocycles. The number of benzene rings is 1. The van der Waals surface area contributed by atoms with Gasteiger partial charge >= 0.3 is 6.03 Å². The van der Waals surface area contributed by atoms with E-state index in [2.05, 4.69) is 15.5 Å². The number of ether oxygens (including phenoxy) is 2. The molecule has 1 atom stereocenters. The predicted octanol–water partition coefficient (Wildman–Crippen LogP) is 4.07. The Labute approximate surface area is 181 Å². The quantitative estimate of drug-likeness (QED) is 0.627. The molecule has 0 saturated carbocycles. The lowest BCUT2D eigenvalue weighted by Crippen LogP contribution is -2.46. The number of hydrogen-bond acceptors (Lipinski definition) is 6. The third-order valence-corrected chi connectivity index (χ3v) is 5.12. The number of likely N-dealkylation sites (tertiary alicyclic amines) is 1. The van der Waals surface area contributed by atoms with Gasteiger partial charge in [-0.25, -0.2) is 4.79 Å². The molecule has 3 rings (SSSR count). The Hall–Kier alpha value is -2.16. The first-order valence-electron chi connectivity index (χ1n) is 10.3. The molecular formula is C21H29ClN4O4. The van der Waals surface area contributed by atoms with E-state index < -0.39 is 6.04 Å². The third-order valence-electron chi connectivity index (χ3n) is 4.87. The van der Waals surface area contributed by atoms with Crippen LogP contribution in [-0.2, 0) is 9.47 Å². The average molecular weight is 437 g/mol. The lowest BCUT2D eigenvalue weighted by atomic mass is 10.1. The van der Waals surface area contributed by atoms with E-state index in [1.54, 1.807) is 17.0 Å². The van der Waals surface area contributed by atoms with Crippen molar-refractivity contribution in [3.8, 4) is 11.4 Å². The van der Waals surface area contributed by atoms with Crippen LogP contribution in [0.25, 0.3) is 11.4 Å². The monoisotopic (exact) mass is 436 g/mol. The second kappa shape index (κ2) is 10.7. The number of nitrogens with one attached hydrogen (secondary N) is 1. The minimum atomic E-state index is -0.395. The van der Waals surface area contributed by atoms with Crippen LogP contribution in [0.1, 0.15) is 45.5 Å². The van der Waals surface area contributed by atoms with Gasteiger partial charge in [0.05, 0.1) is 25.4 Å². The number of amides is 2. The van der Waals surface area contributed by atoms with Gasteiger partial charge in [0.1, 0.15) is 6.04 Å². The summed E-state index contributed by atoms with van der Waals surface area (Å²) < 4.78 is 16.7. The Bertz CT molecular complexity index is 804. The van der Waals surface area contributed by atoms with Gasteiger partial charge in [-0.15, -0.1) is 0 Å². The van der Waals surface area contributed by atoms with Gasteiger partial charge in [-0.3, -0.25) is 0 Å². The summed E-state index contributed by atoms with van der Waals surface area (Å²) in [6, 6.07) is 6.64. The van der Waals surface area contributed by atoms with E-state index in [0.29, 0.717) is 43.0 Å². The van der Waals surface area contributed by atoms with Crippen LogP contribution in [-0.4, -0.2) is 59.6 Å². The van der Waals surface area contributed by atoms with Crippen LogP contribution >= 0.6 is 11.6 Å². The van der Waals surface area contributed by atoms with E-state index in [1.807, 2.05) is 32.9 Å². The highest BCUT2D eigenvalue weighted by molar-refractivity contribution is 6.30. The molecule has 2 aromatic rings. The second-order valence-corrected chi connectivity index (χ2v) is 8.05. The summed E-state index contributed by atoms with van der Waals surface area (Å²) in [7, 11) is 0. The van der Waals surface area contributed by atoms with Crippen LogP contribution in [0.4, 0.5) is 4.79 Å². The van der Waals surface area contributed by atoms with E-state index >= 15 is 0 Å². The van der Waals surface area contributed by atoms with E-state index in [9.17, 15) is 4.79 Å². The van der Waals surface area contributed by atoms with Gasteiger partial charge in [0.15, 0.2) is 0 Å². The molecule has 1 aliphatic heterocycles. The topological polar surface area (TPSA) is 89.7 Å². The van der Waals surface area contributed by atoms with Crippen molar-refractivity contribution in [3.05, 3.63) is 35.2 Å². The zero-order chi connectivity index (χ0) is 21.5. The fourth-order valence-corrected chi connectivity index (χ4v) is 3.32. The summed E-state index contributed by atoms with van der Waals surface area (Å²) in [5, 5.41) is 7.56. The van der Waals surface area contributed by atoms with Gasteiger partial charge in [-0.1, -0.05) is 16.8 Å². The summed E-state index contributed by atoms with van der Waals surface area (Å²) in [4.78, 5) is 18.8. The molecule has 0 bridgehead atoms. The molecule has 2 heterocycles. The summed E-state index contributed by atoms with van der Waals surface area (Å²) >= 11 is 5.91. The summed E-state index contributed by atoms with van der Waals surface area (Å²) in [6.45, 7) is 8.30. The molecule has 1 unspecified atom stereocenters. The van der Waals surface area contributed by atoms with Crippen LogP contribution in [0.2, 0.25) is 5.02 Å². The standard InChI is InChI=1S/C21H29ClN4O4/c1-14(2)28-12-13-29-18-8-10-26(11-9-18)21(27)23-15(3)20-24-19(25-30-20)16-4-6-17(22)7-5-16/h4-7,14-15,18H,8-13H2,1-3H3,(H,23,27).